The predicted molar refractivity (Wildman–Crippen MR) is 72.4 cm³/mol. The number of benzene rings is 1. The number of rotatable bonds is 3. The highest BCUT2D eigenvalue weighted by atomic mass is 35.5. The largest absolute Gasteiger partial charge is 0.481 e. The zero-order valence-electron chi connectivity index (χ0n) is 10.9. The molecule has 5 heteroatoms. The van der Waals surface area contributed by atoms with Crippen LogP contribution in [0.4, 0.5) is 0 Å². The number of hydrogen-bond acceptors (Lipinski definition) is 2. The summed E-state index contributed by atoms with van der Waals surface area (Å²) in [6.07, 6.45) is 0. The lowest BCUT2D eigenvalue weighted by molar-refractivity contribution is -0.144. The zero-order chi connectivity index (χ0) is 14.2. The summed E-state index contributed by atoms with van der Waals surface area (Å²) in [6.45, 7) is 4.49. The number of carboxylic acids is 1. The van der Waals surface area contributed by atoms with E-state index in [0.717, 1.165) is 5.56 Å². The summed E-state index contributed by atoms with van der Waals surface area (Å²) in [7, 11) is 0. The summed E-state index contributed by atoms with van der Waals surface area (Å²) in [5, 5.41) is 9.39. The monoisotopic (exact) mass is 281 g/mol. The van der Waals surface area contributed by atoms with Crippen molar-refractivity contribution in [2.24, 2.45) is 11.8 Å². The van der Waals surface area contributed by atoms with Crippen molar-refractivity contribution in [2.75, 3.05) is 13.1 Å². The number of aryl methyl sites for hydroxylation is 1. The van der Waals surface area contributed by atoms with E-state index in [4.69, 9.17) is 16.7 Å². The number of carboxylic acid groups (broad SMARTS) is 1. The van der Waals surface area contributed by atoms with Crippen LogP contribution in [-0.4, -0.2) is 35.0 Å². The third-order valence-corrected chi connectivity index (χ3v) is 4.22. The molecule has 0 bridgehead atoms. The first-order valence-corrected chi connectivity index (χ1v) is 6.56. The Morgan fingerprint density at radius 2 is 2.05 bits per heavy atom. The average molecular weight is 282 g/mol. The molecule has 0 aromatic heterocycles. The molecular formula is C14H16ClNO3. The van der Waals surface area contributed by atoms with Crippen molar-refractivity contribution in [1.29, 1.82) is 0 Å². The Bertz CT molecular complexity index is 523. The molecule has 1 fully saturated rings. The minimum absolute atomic E-state index is 0.0324. The van der Waals surface area contributed by atoms with E-state index in [1.165, 1.54) is 0 Å². The Morgan fingerprint density at radius 3 is 2.63 bits per heavy atom. The van der Waals surface area contributed by atoms with Gasteiger partial charge < -0.3 is 10.0 Å². The van der Waals surface area contributed by atoms with Crippen LogP contribution in [0.5, 0.6) is 0 Å². The van der Waals surface area contributed by atoms with E-state index < -0.39 is 11.9 Å². The molecule has 1 amide bonds. The number of likely N-dealkylation sites (tertiary alicyclic amines) is 1. The van der Waals surface area contributed by atoms with Crippen molar-refractivity contribution < 1.29 is 14.7 Å². The summed E-state index contributed by atoms with van der Waals surface area (Å²) >= 11 is 6.12. The van der Waals surface area contributed by atoms with Crippen molar-refractivity contribution >= 4 is 23.5 Å². The van der Waals surface area contributed by atoms with Crippen LogP contribution in [0, 0.1) is 18.8 Å². The molecule has 1 saturated heterocycles. The molecule has 1 heterocycles. The molecule has 1 aromatic carbocycles. The van der Waals surface area contributed by atoms with E-state index in [0.29, 0.717) is 23.7 Å². The number of carbonyl (C=O) groups excluding carboxylic acids is 1. The molecule has 102 valence electrons. The maximum absolute atomic E-state index is 12.2. The van der Waals surface area contributed by atoms with E-state index >= 15 is 0 Å². The van der Waals surface area contributed by atoms with Crippen LogP contribution >= 0.6 is 11.6 Å². The SMILES string of the molecule is Cc1cccc(C(=O)N2CC(C(C)C(=O)O)C2)c1Cl. The van der Waals surface area contributed by atoms with Crippen LogP contribution in [0.3, 0.4) is 0 Å². The van der Waals surface area contributed by atoms with Gasteiger partial charge in [-0.05, 0) is 18.6 Å². The van der Waals surface area contributed by atoms with Gasteiger partial charge in [0.05, 0.1) is 16.5 Å². The second-order valence-corrected chi connectivity index (χ2v) is 5.41. The summed E-state index contributed by atoms with van der Waals surface area (Å²) in [6, 6.07) is 5.35. The van der Waals surface area contributed by atoms with Crippen LogP contribution in [0.2, 0.25) is 5.02 Å². The van der Waals surface area contributed by atoms with Gasteiger partial charge in [0.1, 0.15) is 0 Å². The molecule has 0 radical (unpaired) electrons. The van der Waals surface area contributed by atoms with Crippen molar-refractivity contribution in [3.05, 3.63) is 34.3 Å². The maximum Gasteiger partial charge on any atom is 0.306 e. The summed E-state index contributed by atoms with van der Waals surface area (Å²) in [4.78, 5) is 24.7. The first kappa shape index (κ1) is 13.9. The maximum atomic E-state index is 12.2. The molecule has 0 spiro atoms. The molecular weight excluding hydrogens is 266 g/mol. The molecule has 1 aromatic rings. The number of amides is 1. The number of halogens is 1. The Labute approximate surface area is 117 Å². The van der Waals surface area contributed by atoms with Gasteiger partial charge in [-0.15, -0.1) is 0 Å². The zero-order valence-corrected chi connectivity index (χ0v) is 11.6. The number of aliphatic carboxylic acids is 1. The average Bonchev–Trinajstić information content (AvgIpc) is 2.30. The fourth-order valence-corrected chi connectivity index (χ4v) is 2.39. The molecule has 19 heavy (non-hydrogen) atoms. The van der Waals surface area contributed by atoms with Gasteiger partial charge >= 0.3 is 5.97 Å². The van der Waals surface area contributed by atoms with Gasteiger partial charge in [0.15, 0.2) is 0 Å². The molecule has 1 aliphatic heterocycles. The molecule has 1 N–H and O–H groups in total. The highest BCUT2D eigenvalue weighted by Crippen LogP contribution is 2.28. The van der Waals surface area contributed by atoms with Crippen LogP contribution < -0.4 is 0 Å². The summed E-state index contributed by atoms with van der Waals surface area (Å²) in [5.41, 5.74) is 1.35. The lowest BCUT2D eigenvalue weighted by atomic mass is 9.86. The van der Waals surface area contributed by atoms with E-state index in [1.54, 1.807) is 24.0 Å². The Morgan fingerprint density at radius 1 is 1.42 bits per heavy atom. The fraction of sp³-hybridized carbons (Fsp3) is 0.429. The Kier molecular flexibility index (Phi) is 3.80. The lowest BCUT2D eigenvalue weighted by Crippen LogP contribution is -2.53. The lowest BCUT2D eigenvalue weighted by Gasteiger charge is -2.41. The summed E-state index contributed by atoms with van der Waals surface area (Å²) < 4.78 is 0. The van der Waals surface area contributed by atoms with Gasteiger partial charge in [-0.3, -0.25) is 9.59 Å². The fourth-order valence-electron chi connectivity index (χ4n) is 2.18. The van der Waals surface area contributed by atoms with Crippen LogP contribution in [0.15, 0.2) is 18.2 Å². The van der Waals surface area contributed by atoms with Crippen LogP contribution in [0.1, 0.15) is 22.8 Å². The van der Waals surface area contributed by atoms with Crippen LogP contribution in [0.25, 0.3) is 0 Å². The third-order valence-electron chi connectivity index (χ3n) is 3.72. The van der Waals surface area contributed by atoms with Crippen molar-refractivity contribution in [1.82, 2.24) is 4.90 Å². The van der Waals surface area contributed by atoms with E-state index in [1.807, 2.05) is 13.0 Å². The molecule has 2 rings (SSSR count). The van der Waals surface area contributed by atoms with Gasteiger partial charge in [-0.1, -0.05) is 30.7 Å². The first-order valence-electron chi connectivity index (χ1n) is 6.19. The minimum atomic E-state index is -0.814. The van der Waals surface area contributed by atoms with E-state index in [-0.39, 0.29) is 11.8 Å². The third kappa shape index (κ3) is 2.59. The number of hydrogen-bond donors (Lipinski definition) is 1. The van der Waals surface area contributed by atoms with Crippen molar-refractivity contribution in [3.63, 3.8) is 0 Å². The molecule has 1 aliphatic rings. The quantitative estimate of drug-likeness (QED) is 0.926. The normalized spacial score (nSPS) is 16.9. The second kappa shape index (κ2) is 5.21. The van der Waals surface area contributed by atoms with E-state index in [9.17, 15) is 9.59 Å². The molecule has 0 aliphatic carbocycles. The Hall–Kier alpha value is -1.55. The first-order chi connectivity index (χ1) is 8.91. The van der Waals surface area contributed by atoms with Gasteiger partial charge in [-0.25, -0.2) is 0 Å². The molecule has 4 nitrogen and oxygen atoms in total. The summed E-state index contributed by atoms with van der Waals surface area (Å²) in [5.74, 6) is -1.32. The second-order valence-electron chi connectivity index (χ2n) is 5.03. The molecule has 0 saturated carbocycles. The predicted octanol–water partition coefficient (Wildman–Crippen LogP) is 2.44. The van der Waals surface area contributed by atoms with Crippen molar-refractivity contribution in [3.8, 4) is 0 Å². The van der Waals surface area contributed by atoms with Gasteiger partial charge in [0.2, 0.25) is 0 Å². The highest BCUT2D eigenvalue weighted by Gasteiger charge is 2.37. The van der Waals surface area contributed by atoms with Gasteiger partial charge in [-0.2, -0.15) is 0 Å². The smallest absolute Gasteiger partial charge is 0.306 e. The van der Waals surface area contributed by atoms with Crippen LogP contribution in [-0.2, 0) is 4.79 Å². The number of carbonyl (C=O) groups is 2. The molecule has 1 atom stereocenters. The van der Waals surface area contributed by atoms with Gasteiger partial charge in [0, 0.05) is 19.0 Å². The van der Waals surface area contributed by atoms with Gasteiger partial charge in [0.25, 0.3) is 5.91 Å². The van der Waals surface area contributed by atoms with Crippen molar-refractivity contribution in [2.45, 2.75) is 13.8 Å². The standard InChI is InChI=1S/C14H16ClNO3/c1-8-4-3-5-11(12(8)15)13(17)16-6-10(7-16)9(2)14(18)19/h3-5,9-10H,6-7H2,1-2H3,(H,18,19). The Balaban J connectivity index is 2.04. The topological polar surface area (TPSA) is 57.6 Å². The molecule has 1 unspecified atom stereocenters. The van der Waals surface area contributed by atoms with E-state index in [2.05, 4.69) is 0 Å². The highest BCUT2D eigenvalue weighted by molar-refractivity contribution is 6.34. The number of nitrogens with zero attached hydrogens (tertiary/aromatic N) is 1. The minimum Gasteiger partial charge on any atom is -0.481 e.